The Kier molecular flexibility index (Phi) is 15.6. The molecule has 1 aromatic carbocycles. The molecule has 53 heavy (non-hydrogen) atoms. The third kappa shape index (κ3) is 13.4. The van der Waals surface area contributed by atoms with E-state index in [4.69, 9.17) is 24.4 Å². The van der Waals surface area contributed by atoms with Gasteiger partial charge in [0.2, 0.25) is 11.7 Å². The number of halogens is 1. The first-order valence-electron chi connectivity index (χ1n) is 16.9. The van der Waals surface area contributed by atoms with Crippen molar-refractivity contribution in [3.63, 3.8) is 0 Å². The van der Waals surface area contributed by atoms with Crippen LogP contribution in [0.2, 0.25) is 0 Å². The lowest BCUT2D eigenvalue weighted by atomic mass is 10.1. The van der Waals surface area contributed by atoms with Crippen LogP contribution in [0.3, 0.4) is 0 Å². The highest BCUT2D eigenvalue weighted by Crippen LogP contribution is 2.28. The molecule has 2 aromatic heterocycles. The number of hydrogen-bond donors (Lipinski definition) is 3. The highest BCUT2D eigenvalue weighted by atomic mass is 79.9. The molecule has 2 aliphatic rings. The number of morpholine rings is 1. The van der Waals surface area contributed by atoms with Crippen LogP contribution in [0.4, 0.5) is 5.82 Å². The summed E-state index contributed by atoms with van der Waals surface area (Å²) in [5.41, 5.74) is 2.37. The predicted molar refractivity (Wildman–Crippen MR) is 199 cm³/mol. The van der Waals surface area contributed by atoms with Crippen molar-refractivity contribution in [1.29, 1.82) is 0 Å². The average Bonchev–Trinajstić information content (AvgIpc) is 3.80. The van der Waals surface area contributed by atoms with Crippen molar-refractivity contribution >= 4 is 74.2 Å². The minimum atomic E-state index is -1.26. The summed E-state index contributed by atoms with van der Waals surface area (Å²) in [6.07, 6.45) is 5.07. The van der Waals surface area contributed by atoms with Crippen LogP contribution in [0.25, 0.3) is 11.0 Å². The SMILES string of the molecule is CC(C)(C)NC[C@@H](COc1nsnc1N1CCOCC1)OC(=O)CCCC(=O)N1CCN=C1Cc1ccc2nccnc2c1Br.O=C(O)/C=C\C(=O)O. The summed E-state index contributed by atoms with van der Waals surface area (Å²) in [5.74, 6) is -1.13. The van der Waals surface area contributed by atoms with E-state index >= 15 is 0 Å². The zero-order chi connectivity index (χ0) is 38.4. The van der Waals surface area contributed by atoms with Gasteiger partial charge in [-0.15, -0.1) is 4.37 Å². The Labute approximate surface area is 318 Å². The van der Waals surface area contributed by atoms with Crippen LogP contribution in [-0.4, -0.2) is 128 Å². The van der Waals surface area contributed by atoms with Gasteiger partial charge in [0.15, 0.2) is 0 Å². The number of nitrogens with zero attached hydrogens (tertiary/aromatic N) is 7. The topological polar surface area (TPSA) is 219 Å². The third-order valence-electron chi connectivity index (χ3n) is 7.69. The van der Waals surface area contributed by atoms with Crippen LogP contribution in [0.15, 0.2) is 46.1 Å². The third-order valence-corrected chi connectivity index (χ3v) is 9.08. The molecule has 0 spiro atoms. The summed E-state index contributed by atoms with van der Waals surface area (Å²) in [4.78, 5) is 62.3. The van der Waals surface area contributed by atoms with Crippen molar-refractivity contribution in [1.82, 2.24) is 28.9 Å². The van der Waals surface area contributed by atoms with Crippen molar-refractivity contribution in [2.24, 2.45) is 4.99 Å². The van der Waals surface area contributed by atoms with E-state index in [1.54, 1.807) is 17.3 Å². The highest BCUT2D eigenvalue weighted by Gasteiger charge is 2.26. The van der Waals surface area contributed by atoms with E-state index in [1.165, 1.54) is 0 Å². The number of carbonyl (C=O) groups excluding carboxylic acids is 2. The van der Waals surface area contributed by atoms with Gasteiger partial charge < -0.3 is 34.6 Å². The van der Waals surface area contributed by atoms with Crippen molar-refractivity contribution in [2.75, 3.05) is 57.4 Å². The van der Waals surface area contributed by atoms with Gasteiger partial charge in [0.1, 0.15) is 24.1 Å². The standard InChI is InChI=1S/C30H39BrN8O5S.C4H4O4/c1-30(2,3)35-18-21(19-43-29-28(36-45-37-29)38-13-15-42-16-14-38)44-25(41)6-4-5-24(40)39-12-11-33-23(39)17-20-7-8-22-27(26(20)31)34-10-9-32-22;5-3(6)1-2-4(7)8/h7-10,21,35H,4-6,11-19H2,1-3H3;1-2H,(H,5,6)(H,7,8)/b;2-1-/t21-;/m0./s1. The molecular formula is C34H43BrN8O9S. The number of esters is 1. The van der Waals surface area contributed by atoms with Gasteiger partial charge in [-0.1, -0.05) is 6.07 Å². The van der Waals surface area contributed by atoms with Crippen LogP contribution in [0.5, 0.6) is 5.88 Å². The van der Waals surface area contributed by atoms with E-state index in [9.17, 15) is 19.2 Å². The van der Waals surface area contributed by atoms with E-state index in [-0.39, 0.29) is 36.9 Å². The first-order chi connectivity index (χ1) is 25.3. The van der Waals surface area contributed by atoms with Gasteiger partial charge >= 0.3 is 17.9 Å². The molecule has 1 fully saturated rings. The number of fused-ring (bicyclic) bond motifs is 1. The van der Waals surface area contributed by atoms with E-state index in [0.717, 1.165) is 32.8 Å². The van der Waals surface area contributed by atoms with Crippen molar-refractivity contribution < 1.29 is 43.6 Å². The molecule has 1 atom stereocenters. The number of hydrogen-bond acceptors (Lipinski definition) is 15. The van der Waals surface area contributed by atoms with Crippen molar-refractivity contribution in [3.05, 3.63) is 46.7 Å². The molecule has 3 aromatic rings. The maximum Gasteiger partial charge on any atom is 0.328 e. The zero-order valence-corrected chi connectivity index (χ0v) is 32.1. The number of ether oxygens (including phenoxy) is 3. The van der Waals surface area contributed by atoms with Gasteiger partial charge in [-0.05, 0) is 54.8 Å². The van der Waals surface area contributed by atoms with E-state index in [2.05, 4.69) is 49.9 Å². The van der Waals surface area contributed by atoms with Gasteiger partial charge in [0.05, 0.1) is 37.0 Å². The normalized spacial score (nSPS) is 15.1. The number of aromatic nitrogens is 4. The van der Waals surface area contributed by atoms with E-state index in [1.807, 2.05) is 32.9 Å². The molecule has 0 radical (unpaired) electrons. The van der Waals surface area contributed by atoms with Gasteiger partial charge in [-0.2, -0.15) is 4.37 Å². The van der Waals surface area contributed by atoms with Gasteiger partial charge in [0, 0.05) is 80.0 Å². The summed E-state index contributed by atoms with van der Waals surface area (Å²) in [7, 11) is 0. The van der Waals surface area contributed by atoms with Crippen molar-refractivity contribution in [3.8, 4) is 5.88 Å². The first kappa shape index (κ1) is 41.2. The number of amides is 1. The molecule has 0 saturated carbocycles. The molecular weight excluding hydrogens is 776 g/mol. The molecule has 0 aliphatic carbocycles. The Hall–Kier alpha value is -4.59. The largest absolute Gasteiger partial charge is 0.478 e. The summed E-state index contributed by atoms with van der Waals surface area (Å²) in [6, 6.07) is 3.89. The summed E-state index contributed by atoms with van der Waals surface area (Å²) >= 11 is 4.74. The Morgan fingerprint density at radius 2 is 1.75 bits per heavy atom. The fraction of sp³-hybridized carbons (Fsp3) is 0.500. The van der Waals surface area contributed by atoms with E-state index < -0.39 is 18.0 Å². The number of carbonyl (C=O) groups is 4. The maximum atomic E-state index is 13.2. The molecule has 1 saturated heterocycles. The summed E-state index contributed by atoms with van der Waals surface area (Å²) < 4.78 is 26.8. The minimum Gasteiger partial charge on any atom is -0.478 e. The number of aliphatic imine (C=N–C) groups is 1. The van der Waals surface area contributed by atoms with Crippen LogP contribution >= 0.6 is 27.7 Å². The second-order valence-corrected chi connectivity index (χ2v) is 14.2. The molecule has 19 heteroatoms. The lowest BCUT2D eigenvalue weighted by Crippen LogP contribution is -2.44. The fourth-order valence-corrected chi connectivity index (χ4v) is 6.23. The molecule has 3 N–H and O–H groups in total. The predicted octanol–water partition coefficient (Wildman–Crippen LogP) is 3.12. The number of rotatable bonds is 15. The number of anilines is 1. The maximum absolute atomic E-state index is 13.2. The van der Waals surface area contributed by atoms with Crippen molar-refractivity contribution in [2.45, 2.75) is 58.1 Å². The van der Waals surface area contributed by atoms with E-state index in [0.29, 0.717) is 88.5 Å². The van der Waals surface area contributed by atoms with Crippen LogP contribution in [-0.2, 0) is 35.1 Å². The zero-order valence-electron chi connectivity index (χ0n) is 29.7. The summed E-state index contributed by atoms with van der Waals surface area (Å²) in [6.45, 7) is 10.4. The second-order valence-electron chi connectivity index (χ2n) is 12.9. The quantitative estimate of drug-likeness (QED) is 0.148. The van der Waals surface area contributed by atoms with Crippen LogP contribution < -0.4 is 15.0 Å². The summed E-state index contributed by atoms with van der Waals surface area (Å²) in [5, 5.41) is 19.0. The number of carboxylic acid groups (broad SMARTS) is 2. The molecule has 5 rings (SSSR count). The number of amidine groups is 1. The van der Waals surface area contributed by atoms with Crippen LogP contribution in [0.1, 0.15) is 45.6 Å². The first-order valence-corrected chi connectivity index (χ1v) is 18.4. The molecule has 286 valence electrons. The molecule has 0 bridgehead atoms. The second kappa shape index (κ2) is 20.0. The fourth-order valence-electron chi connectivity index (χ4n) is 5.13. The Balaban J connectivity index is 0.000000703. The Morgan fingerprint density at radius 1 is 1.04 bits per heavy atom. The van der Waals surface area contributed by atoms with Gasteiger partial charge in [0.25, 0.3) is 5.88 Å². The highest BCUT2D eigenvalue weighted by molar-refractivity contribution is 9.10. The van der Waals surface area contributed by atoms with Gasteiger partial charge in [-0.3, -0.25) is 29.4 Å². The number of nitrogens with one attached hydrogen (secondary N) is 1. The smallest absolute Gasteiger partial charge is 0.328 e. The molecule has 1 amide bonds. The number of benzene rings is 1. The van der Waals surface area contributed by atoms with Crippen LogP contribution in [0, 0.1) is 0 Å². The average molecular weight is 820 g/mol. The Morgan fingerprint density at radius 3 is 2.45 bits per heavy atom. The lowest BCUT2D eigenvalue weighted by molar-refractivity contribution is -0.150. The Bertz CT molecular complexity index is 1780. The molecule has 17 nitrogen and oxygen atoms in total. The number of carboxylic acids is 2. The molecule has 4 heterocycles. The molecule has 0 unspecified atom stereocenters. The minimum absolute atomic E-state index is 0.0586. The monoisotopic (exact) mass is 818 g/mol. The molecule has 2 aliphatic heterocycles. The van der Waals surface area contributed by atoms with Gasteiger partial charge in [-0.25, -0.2) is 9.59 Å². The number of aliphatic carboxylic acids is 2. The lowest BCUT2D eigenvalue weighted by Gasteiger charge is -2.27.